The van der Waals surface area contributed by atoms with Crippen LogP contribution in [0.2, 0.25) is 0 Å². The van der Waals surface area contributed by atoms with Crippen molar-refractivity contribution < 1.29 is 4.39 Å². The highest BCUT2D eigenvalue weighted by molar-refractivity contribution is 5.81. The minimum Gasteiger partial charge on any atom is -0.353 e. The van der Waals surface area contributed by atoms with Crippen LogP contribution in [0, 0.1) is 12.7 Å². The number of anilines is 5. The summed E-state index contributed by atoms with van der Waals surface area (Å²) in [7, 11) is 0. The Kier molecular flexibility index (Phi) is 6.67. The summed E-state index contributed by atoms with van der Waals surface area (Å²) in [6.45, 7) is 3.65. The minimum atomic E-state index is -0.319. The second kappa shape index (κ2) is 10.4. The number of nitrogens with zero attached hydrogens (tertiary/aromatic N) is 5. The lowest BCUT2D eigenvalue weighted by Gasteiger charge is -2.12. The molecule has 2 aromatic heterocycles. The molecular weight excluding hydrogens is 457 g/mol. The van der Waals surface area contributed by atoms with Crippen LogP contribution in [0.3, 0.4) is 0 Å². The summed E-state index contributed by atoms with van der Waals surface area (Å²) in [6.07, 6.45) is 0. The van der Waals surface area contributed by atoms with Crippen LogP contribution in [0.25, 0.3) is 11.0 Å². The fraction of sp³-hybridized carbons (Fsp3) is 0.154. The molecule has 0 spiro atoms. The van der Waals surface area contributed by atoms with Gasteiger partial charge in [-0.1, -0.05) is 30.3 Å². The van der Waals surface area contributed by atoms with E-state index in [4.69, 9.17) is 10.7 Å². The summed E-state index contributed by atoms with van der Waals surface area (Å²) in [5.74, 6) is 1.64. The van der Waals surface area contributed by atoms with Gasteiger partial charge in [0, 0.05) is 31.0 Å². The third-order valence-corrected chi connectivity index (χ3v) is 5.54. The monoisotopic (exact) mass is 483 g/mol. The summed E-state index contributed by atoms with van der Waals surface area (Å²) < 4.78 is 15.5. The molecule has 36 heavy (non-hydrogen) atoms. The number of imidazole rings is 1. The number of aromatic nitrogens is 5. The molecule has 0 amide bonds. The van der Waals surface area contributed by atoms with Gasteiger partial charge in [-0.3, -0.25) is 0 Å². The molecule has 2 heterocycles. The molecule has 0 saturated heterocycles. The molecule has 182 valence electrons. The maximum Gasteiger partial charge on any atom is 0.233 e. The highest BCUT2D eigenvalue weighted by atomic mass is 19.1. The number of hydrogen-bond donors (Lipinski definition) is 4. The molecule has 3 aromatic carbocycles. The third kappa shape index (κ3) is 5.39. The number of nitrogens with two attached hydrogens (primary N) is 1. The Morgan fingerprint density at radius 1 is 0.806 bits per heavy atom. The van der Waals surface area contributed by atoms with Gasteiger partial charge in [-0.05, 0) is 55.0 Å². The molecule has 0 aliphatic heterocycles. The van der Waals surface area contributed by atoms with Gasteiger partial charge in [0.15, 0.2) is 0 Å². The Bertz CT molecular complexity index is 1470. The maximum absolute atomic E-state index is 13.3. The lowest BCUT2D eigenvalue weighted by molar-refractivity contribution is 0.628. The van der Waals surface area contributed by atoms with Crippen LogP contribution in [0.15, 0.2) is 72.8 Å². The first-order valence-electron chi connectivity index (χ1n) is 11.6. The van der Waals surface area contributed by atoms with Crippen molar-refractivity contribution in [1.29, 1.82) is 0 Å². The average molecular weight is 484 g/mol. The Labute approximate surface area is 207 Å². The highest BCUT2D eigenvalue weighted by Gasteiger charge is 2.11. The molecule has 10 heteroatoms. The van der Waals surface area contributed by atoms with Gasteiger partial charge in [0.25, 0.3) is 0 Å². The summed E-state index contributed by atoms with van der Waals surface area (Å²) >= 11 is 0. The molecular formula is C26H26FN9. The van der Waals surface area contributed by atoms with Crippen molar-refractivity contribution in [3.63, 3.8) is 0 Å². The number of halogens is 1. The topological polar surface area (TPSA) is 119 Å². The van der Waals surface area contributed by atoms with Gasteiger partial charge in [0.1, 0.15) is 11.6 Å². The van der Waals surface area contributed by atoms with Crippen molar-refractivity contribution in [2.45, 2.75) is 13.5 Å². The van der Waals surface area contributed by atoms with E-state index in [2.05, 4.69) is 47.6 Å². The van der Waals surface area contributed by atoms with Crippen molar-refractivity contribution in [3.05, 3.63) is 90.0 Å². The van der Waals surface area contributed by atoms with Gasteiger partial charge in [-0.25, -0.2) is 9.37 Å². The standard InChI is InChI=1S/C26H26FN9/c1-17-30-22-12-11-21(15-23(22)36(17)16-18-5-3-2-4-6-18)32-26-34-24(29-14-13-28)33-25(35-26)31-20-9-7-19(27)8-10-20/h2-12,15H,13-14,16,28H2,1H3,(H3,29,31,32,33,34,35). The minimum absolute atomic E-state index is 0.310. The molecule has 9 nitrogen and oxygen atoms in total. The van der Waals surface area contributed by atoms with Crippen molar-refractivity contribution in [1.82, 2.24) is 24.5 Å². The summed E-state index contributed by atoms with van der Waals surface area (Å²) in [6, 6.07) is 22.2. The van der Waals surface area contributed by atoms with E-state index in [0.29, 0.717) is 36.6 Å². The van der Waals surface area contributed by atoms with Gasteiger partial charge in [0.2, 0.25) is 17.8 Å². The first-order chi connectivity index (χ1) is 17.6. The van der Waals surface area contributed by atoms with Crippen LogP contribution in [-0.4, -0.2) is 37.6 Å². The van der Waals surface area contributed by atoms with E-state index in [1.54, 1.807) is 12.1 Å². The van der Waals surface area contributed by atoms with Crippen LogP contribution in [-0.2, 0) is 6.54 Å². The molecule has 5 N–H and O–H groups in total. The smallest absolute Gasteiger partial charge is 0.233 e. The zero-order valence-corrected chi connectivity index (χ0v) is 19.7. The van der Waals surface area contributed by atoms with Gasteiger partial charge in [-0.2, -0.15) is 15.0 Å². The molecule has 0 aliphatic carbocycles. The Morgan fingerprint density at radius 3 is 2.19 bits per heavy atom. The molecule has 0 radical (unpaired) electrons. The normalized spacial score (nSPS) is 11.0. The molecule has 0 unspecified atom stereocenters. The van der Waals surface area contributed by atoms with Gasteiger partial charge >= 0.3 is 0 Å². The molecule has 5 aromatic rings. The number of fused-ring (bicyclic) bond motifs is 1. The van der Waals surface area contributed by atoms with Gasteiger partial charge in [-0.15, -0.1) is 0 Å². The fourth-order valence-corrected chi connectivity index (χ4v) is 3.83. The predicted molar refractivity (Wildman–Crippen MR) is 140 cm³/mol. The largest absolute Gasteiger partial charge is 0.353 e. The van der Waals surface area contributed by atoms with E-state index in [1.807, 2.05) is 43.3 Å². The van der Waals surface area contributed by atoms with E-state index in [1.165, 1.54) is 17.7 Å². The van der Waals surface area contributed by atoms with Crippen molar-refractivity contribution in [3.8, 4) is 0 Å². The van der Waals surface area contributed by atoms with Crippen molar-refractivity contribution in [2.24, 2.45) is 5.73 Å². The average Bonchev–Trinajstić information content (AvgIpc) is 3.19. The molecule has 0 saturated carbocycles. The lowest BCUT2D eigenvalue weighted by Crippen LogP contribution is -2.16. The van der Waals surface area contributed by atoms with Crippen LogP contribution in [0.1, 0.15) is 11.4 Å². The summed E-state index contributed by atoms with van der Waals surface area (Å²) in [5.41, 5.74) is 10.2. The number of hydrogen-bond acceptors (Lipinski definition) is 8. The SMILES string of the molecule is Cc1nc2ccc(Nc3nc(NCCN)nc(Nc4ccc(F)cc4)n3)cc2n1Cc1ccccc1. The lowest BCUT2D eigenvalue weighted by atomic mass is 10.2. The molecule has 0 bridgehead atoms. The summed E-state index contributed by atoms with van der Waals surface area (Å²) in [4.78, 5) is 18.1. The van der Waals surface area contributed by atoms with Gasteiger partial charge < -0.3 is 26.3 Å². The quantitative estimate of drug-likeness (QED) is 0.241. The van der Waals surface area contributed by atoms with Crippen LogP contribution >= 0.6 is 0 Å². The number of benzene rings is 3. The highest BCUT2D eigenvalue weighted by Crippen LogP contribution is 2.24. The van der Waals surface area contributed by atoms with Crippen LogP contribution in [0.4, 0.5) is 33.6 Å². The Hall–Kier alpha value is -4.57. The second-order valence-electron chi connectivity index (χ2n) is 8.21. The third-order valence-electron chi connectivity index (χ3n) is 5.54. The van der Waals surface area contributed by atoms with E-state index in [-0.39, 0.29) is 5.82 Å². The molecule has 5 rings (SSSR count). The van der Waals surface area contributed by atoms with E-state index < -0.39 is 0 Å². The van der Waals surface area contributed by atoms with Crippen molar-refractivity contribution in [2.75, 3.05) is 29.0 Å². The van der Waals surface area contributed by atoms with E-state index in [0.717, 1.165) is 29.1 Å². The zero-order valence-electron chi connectivity index (χ0n) is 19.7. The van der Waals surface area contributed by atoms with Crippen LogP contribution in [0.5, 0.6) is 0 Å². The molecule has 0 aliphatic rings. The fourth-order valence-electron chi connectivity index (χ4n) is 3.83. The first-order valence-corrected chi connectivity index (χ1v) is 11.6. The zero-order chi connectivity index (χ0) is 24.9. The molecule has 0 atom stereocenters. The van der Waals surface area contributed by atoms with E-state index in [9.17, 15) is 4.39 Å². The first kappa shape index (κ1) is 23.2. The van der Waals surface area contributed by atoms with Crippen molar-refractivity contribution >= 4 is 40.3 Å². The molecule has 0 fully saturated rings. The second-order valence-corrected chi connectivity index (χ2v) is 8.21. The Balaban J connectivity index is 1.44. The number of rotatable bonds is 9. The Morgan fingerprint density at radius 2 is 1.47 bits per heavy atom. The number of aryl methyl sites for hydroxylation is 1. The van der Waals surface area contributed by atoms with Gasteiger partial charge in [0.05, 0.1) is 11.0 Å². The number of nitrogens with one attached hydrogen (secondary N) is 3. The van der Waals surface area contributed by atoms with E-state index >= 15 is 0 Å². The van der Waals surface area contributed by atoms with Crippen LogP contribution < -0.4 is 21.7 Å². The summed E-state index contributed by atoms with van der Waals surface area (Å²) in [5, 5.41) is 9.45. The maximum atomic E-state index is 13.3. The predicted octanol–water partition coefficient (Wildman–Crippen LogP) is 4.57.